The van der Waals surface area contributed by atoms with E-state index < -0.39 is 0 Å². The maximum Gasteiger partial charge on any atom is 0.409 e. The fraction of sp³-hybridized carbons (Fsp3) is 0.556. The lowest BCUT2D eigenvalue weighted by Crippen LogP contribution is -2.47. The van der Waals surface area contributed by atoms with Gasteiger partial charge >= 0.3 is 6.09 Å². The summed E-state index contributed by atoms with van der Waals surface area (Å²) in [6.07, 6.45) is 1.01. The fourth-order valence-corrected chi connectivity index (χ4v) is 3.02. The van der Waals surface area contributed by atoms with Crippen molar-refractivity contribution in [2.24, 2.45) is 0 Å². The smallest absolute Gasteiger partial charge is 0.409 e. The first kappa shape index (κ1) is 20.6. The Labute approximate surface area is 163 Å². The molecule has 1 aromatic rings. The van der Waals surface area contributed by atoms with E-state index in [1.165, 1.54) is 0 Å². The van der Waals surface area contributed by atoms with Crippen LogP contribution in [0.1, 0.15) is 24.0 Å². The second-order valence-electron chi connectivity index (χ2n) is 6.29. The molecule has 1 aliphatic heterocycles. The number of rotatable bonds is 6. The zero-order chi connectivity index (χ0) is 19.1. The predicted octanol–water partition coefficient (Wildman–Crippen LogP) is 3.29. The number of halogens is 2. The molecule has 8 heteroatoms. The third-order valence-electron chi connectivity index (χ3n) is 4.20. The average molecular weight is 403 g/mol. The maximum absolute atomic E-state index is 12.1. The second kappa shape index (κ2) is 9.88. The zero-order valence-corrected chi connectivity index (χ0v) is 16.5. The van der Waals surface area contributed by atoms with Crippen molar-refractivity contribution in [2.45, 2.75) is 32.7 Å². The van der Waals surface area contributed by atoms with Crippen molar-refractivity contribution in [2.75, 3.05) is 32.2 Å². The molecule has 0 aliphatic carbocycles. The van der Waals surface area contributed by atoms with Crippen LogP contribution in [0, 0.1) is 13.8 Å². The van der Waals surface area contributed by atoms with E-state index in [-0.39, 0.29) is 37.1 Å². The van der Waals surface area contributed by atoms with Crippen LogP contribution in [-0.4, -0.2) is 55.1 Å². The lowest BCUT2D eigenvalue weighted by molar-refractivity contribution is -0.124. The molecule has 1 N–H and O–H groups in total. The van der Waals surface area contributed by atoms with Gasteiger partial charge in [0.15, 0.2) is 6.61 Å². The predicted molar refractivity (Wildman–Crippen MR) is 101 cm³/mol. The second-order valence-corrected chi connectivity index (χ2v) is 7.05. The van der Waals surface area contributed by atoms with Gasteiger partial charge in [0.1, 0.15) is 12.4 Å². The SMILES string of the molecule is Cc1cc(OCC(=O)NC2CCN(C(=O)OCCCl)CC2)cc(C)c1Cl. The summed E-state index contributed by atoms with van der Waals surface area (Å²) in [4.78, 5) is 25.5. The Hall–Kier alpha value is -1.66. The first-order chi connectivity index (χ1) is 12.4. The van der Waals surface area contributed by atoms with E-state index in [0.717, 1.165) is 11.1 Å². The van der Waals surface area contributed by atoms with E-state index in [1.54, 1.807) is 4.90 Å². The standard InChI is InChI=1S/C18H24Cl2N2O4/c1-12-9-15(10-13(2)17(12)20)26-11-16(23)21-14-3-6-22(7-4-14)18(24)25-8-5-19/h9-10,14H,3-8,11H2,1-2H3,(H,21,23). The molecule has 0 unspecified atom stereocenters. The molecule has 0 atom stereocenters. The highest BCUT2D eigenvalue weighted by molar-refractivity contribution is 6.32. The minimum absolute atomic E-state index is 0.0249. The Balaban J connectivity index is 1.73. The van der Waals surface area contributed by atoms with Gasteiger partial charge in [-0.1, -0.05) is 11.6 Å². The van der Waals surface area contributed by atoms with Crippen LogP contribution in [0.25, 0.3) is 0 Å². The molecule has 1 heterocycles. The lowest BCUT2D eigenvalue weighted by atomic mass is 10.1. The number of nitrogens with one attached hydrogen (secondary N) is 1. The Morgan fingerprint density at radius 1 is 1.23 bits per heavy atom. The summed E-state index contributed by atoms with van der Waals surface area (Å²) in [5.41, 5.74) is 1.82. The van der Waals surface area contributed by atoms with Crippen LogP contribution in [0.3, 0.4) is 0 Å². The number of piperidine rings is 1. The number of benzene rings is 1. The summed E-state index contributed by atoms with van der Waals surface area (Å²) in [5.74, 6) is 0.722. The quantitative estimate of drug-likeness (QED) is 0.741. The van der Waals surface area contributed by atoms with Gasteiger partial charge in [-0.25, -0.2) is 4.79 Å². The summed E-state index contributed by atoms with van der Waals surface area (Å²) in [5, 5.41) is 3.65. The highest BCUT2D eigenvalue weighted by Crippen LogP contribution is 2.25. The number of hydrogen-bond acceptors (Lipinski definition) is 4. The number of aryl methyl sites for hydroxylation is 2. The van der Waals surface area contributed by atoms with Crippen molar-refractivity contribution in [1.29, 1.82) is 0 Å². The van der Waals surface area contributed by atoms with Crippen molar-refractivity contribution < 1.29 is 19.1 Å². The normalized spacial score (nSPS) is 14.8. The Morgan fingerprint density at radius 3 is 2.42 bits per heavy atom. The number of ether oxygens (including phenoxy) is 2. The number of carbonyl (C=O) groups is 2. The molecular formula is C18H24Cl2N2O4. The van der Waals surface area contributed by atoms with Gasteiger partial charge in [0.2, 0.25) is 0 Å². The van der Waals surface area contributed by atoms with Crippen LogP contribution in [-0.2, 0) is 9.53 Å². The van der Waals surface area contributed by atoms with Crippen molar-refractivity contribution in [1.82, 2.24) is 10.2 Å². The molecule has 1 saturated heterocycles. The summed E-state index contributed by atoms with van der Waals surface area (Å²) >= 11 is 11.6. The van der Waals surface area contributed by atoms with Crippen molar-refractivity contribution >= 4 is 35.2 Å². The summed E-state index contributed by atoms with van der Waals surface area (Å²) in [7, 11) is 0. The van der Waals surface area contributed by atoms with Crippen LogP contribution >= 0.6 is 23.2 Å². The first-order valence-electron chi connectivity index (χ1n) is 8.57. The Morgan fingerprint density at radius 2 is 1.85 bits per heavy atom. The highest BCUT2D eigenvalue weighted by atomic mass is 35.5. The minimum atomic E-state index is -0.354. The van der Waals surface area contributed by atoms with E-state index in [9.17, 15) is 9.59 Å². The highest BCUT2D eigenvalue weighted by Gasteiger charge is 2.24. The number of nitrogens with zero attached hydrogens (tertiary/aromatic N) is 1. The number of likely N-dealkylation sites (tertiary alicyclic amines) is 1. The molecule has 6 nitrogen and oxygen atoms in total. The van der Waals surface area contributed by atoms with Crippen LogP contribution in [0.4, 0.5) is 4.79 Å². The number of carbonyl (C=O) groups excluding carboxylic acids is 2. The maximum atomic E-state index is 12.1. The van der Waals surface area contributed by atoms with Crippen LogP contribution in [0.15, 0.2) is 12.1 Å². The molecule has 0 spiro atoms. The summed E-state index contributed by atoms with van der Waals surface area (Å²) in [6, 6.07) is 3.65. The van der Waals surface area contributed by atoms with E-state index in [0.29, 0.717) is 36.7 Å². The fourth-order valence-electron chi connectivity index (χ4n) is 2.83. The van der Waals surface area contributed by atoms with E-state index >= 15 is 0 Å². The Kier molecular flexibility index (Phi) is 7.85. The number of hydrogen-bond donors (Lipinski definition) is 1. The molecule has 0 saturated carbocycles. The molecule has 2 rings (SSSR count). The van der Waals surface area contributed by atoms with Crippen LogP contribution in [0.5, 0.6) is 5.75 Å². The van der Waals surface area contributed by atoms with Crippen LogP contribution < -0.4 is 10.1 Å². The molecule has 1 aromatic carbocycles. The molecular weight excluding hydrogens is 379 g/mol. The monoisotopic (exact) mass is 402 g/mol. The summed E-state index contributed by atoms with van der Waals surface area (Å²) < 4.78 is 10.6. The van der Waals surface area contributed by atoms with Crippen LogP contribution in [0.2, 0.25) is 5.02 Å². The van der Waals surface area contributed by atoms with Gasteiger partial charge < -0.3 is 19.7 Å². The van der Waals surface area contributed by atoms with E-state index in [4.69, 9.17) is 32.7 Å². The molecule has 0 aromatic heterocycles. The minimum Gasteiger partial charge on any atom is -0.484 e. The van der Waals surface area contributed by atoms with Crippen molar-refractivity contribution in [3.8, 4) is 5.75 Å². The number of alkyl halides is 1. The lowest BCUT2D eigenvalue weighted by Gasteiger charge is -2.31. The van der Waals surface area contributed by atoms with Gasteiger partial charge in [0.05, 0.1) is 5.88 Å². The molecule has 26 heavy (non-hydrogen) atoms. The molecule has 2 amide bonds. The molecule has 0 radical (unpaired) electrons. The Bertz CT molecular complexity index is 623. The molecule has 1 fully saturated rings. The largest absolute Gasteiger partial charge is 0.484 e. The topological polar surface area (TPSA) is 67.9 Å². The van der Waals surface area contributed by atoms with Gasteiger partial charge in [0.25, 0.3) is 5.91 Å². The van der Waals surface area contributed by atoms with E-state index in [2.05, 4.69) is 5.32 Å². The first-order valence-corrected chi connectivity index (χ1v) is 9.48. The zero-order valence-electron chi connectivity index (χ0n) is 15.0. The van der Waals surface area contributed by atoms with Gasteiger partial charge in [-0.3, -0.25) is 4.79 Å². The molecule has 0 bridgehead atoms. The third-order valence-corrected chi connectivity index (χ3v) is 4.95. The number of amides is 2. The van der Waals surface area contributed by atoms with E-state index in [1.807, 2.05) is 26.0 Å². The van der Waals surface area contributed by atoms with Crippen molar-refractivity contribution in [3.05, 3.63) is 28.3 Å². The van der Waals surface area contributed by atoms with Gasteiger partial charge in [-0.2, -0.15) is 0 Å². The summed E-state index contributed by atoms with van der Waals surface area (Å²) in [6.45, 7) is 5.03. The average Bonchev–Trinajstić information content (AvgIpc) is 2.63. The molecule has 144 valence electrons. The third kappa shape index (κ3) is 5.95. The van der Waals surface area contributed by atoms with Gasteiger partial charge in [0, 0.05) is 24.2 Å². The van der Waals surface area contributed by atoms with Gasteiger partial charge in [-0.15, -0.1) is 11.6 Å². The van der Waals surface area contributed by atoms with Crippen molar-refractivity contribution in [3.63, 3.8) is 0 Å². The molecule has 1 aliphatic rings. The van der Waals surface area contributed by atoms with Gasteiger partial charge in [-0.05, 0) is 49.9 Å².